The van der Waals surface area contributed by atoms with Gasteiger partial charge in [-0.25, -0.2) is 4.98 Å². The zero-order chi connectivity index (χ0) is 19.2. The molecular weight excluding hydrogens is 366 g/mol. The van der Waals surface area contributed by atoms with Crippen molar-refractivity contribution in [3.05, 3.63) is 89.8 Å². The molecule has 0 unspecified atom stereocenters. The minimum absolute atomic E-state index is 0.761. The monoisotopic (exact) mass is 385 g/mol. The maximum Gasteiger partial charge on any atom is 0.203 e. The molecule has 0 saturated heterocycles. The van der Waals surface area contributed by atoms with Gasteiger partial charge in [-0.3, -0.25) is 5.43 Å². The first kappa shape index (κ1) is 17.9. The predicted octanol–water partition coefficient (Wildman–Crippen LogP) is 5.93. The molecule has 4 rings (SSSR count). The summed E-state index contributed by atoms with van der Waals surface area (Å²) < 4.78 is 5.24. The first-order valence-corrected chi connectivity index (χ1v) is 9.75. The number of nitrogens with zero attached hydrogens (tertiary/aromatic N) is 2. The molecule has 1 heterocycles. The van der Waals surface area contributed by atoms with Crippen LogP contribution in [0.15, 0.2) is 89.3 Å². The van der Waals surface area contributed by atoms with Crippen LogP contribution in [-0.2, 0) is 0 Å². The molecule has 0 radical (unpaired) electrons. The second-order valence-electron chi connectivity index (χ2n) is 6.09. The van der Waals surface area contributed by atoms with E-state index < -0.39 is 0 Å². The molecule has 28 heavy (non-hydrogen) atoms. The van der Waals surface area contributed by atoms with E-state index in [9.17, 15) is 0 Å². The third kappa shape index (κ3) is 4.10. The third-order valence-electron chi connectivity index (χ3n) is 4.30. The lowest BCUT2D eigenvalue weighted by Gasteiger charge is -2.07. The second kappa shape index (κ2) is 8.50. The molecule has 0 bridgehead atoms. The van der Waals surface area contributed by atoms with Gasteiger partial charge in [-0.2, -0.15) is 5.10 Å². The molecule has 1 N–H and O–H groups in total. The maximum atomic E-state index is 5.24. The summed E-state index contributed by atoms with van der Waals surface area (Å²) in [6.07, 6.45) is 1.82. The van der Waals surface area contributed by atoms with Crippen molar-refractivity contribution in [3.63, 3.8) is 0 Å². The molecule has 0 saturated carbocycles. The number of hydrazone groups is 1. The fourth-order valence-corrected chi connectivity index (χ4v) is 3.54. The molecule has 4 nitrogen and oxygen atoms in total. The number of aromatic nitrogens is 1. The first-order chi connectivity index (χ1) is 13.8. The van der Waals surface area contributed by atoms with Crippen molar-refractivity contribution in [1.82, 2.24) is 4.98 Å². The zero-order valence-electron chi connectivity index (χ0n) is 15.4. The highest BCUT2D eigenvalue weighted by Crippen LogP contribution is 2.26. The minimum atomic E-state index is 0.761. The second-order valence-corrected chi connectivity index (χ2v) is 6.95. The van der Waals surface area contributed by atoms with Gasteiger partial charge in [0.2, 0.25) is 5.13 Å². The molecule has 0 atom stereocenters. The standard InChI is InChI=1S/C23H19N3OS/c1-27-20-13-11-17(12-14-20)21-10-6-5-9-19(21)15-24-26-23-25-22(16-28-23)18-7-3-2-4-8-18/h2-16H,1H3,(H,25,26). The Balaban J connectivity index is 1.50. The third-order valence-corrected chi connectivity index (χ3v) is 5.05. The van der Waals surface area contributed by atoms with E-state index in [-0.39, 0.29) is 0 Å². The fourth-order valence-electron chi connectivity index (χ4n) is 2.87. The predicted molar refractivity (Wildman–Crippen MR) is 117 cm³/mol. The van der Waals surface area contributed by atoms with Crippen molar-refractivity contribution >= 4 is 22.7 Å². The van der Waals surface area contributed by atoms with Crippen LogP contribution in [-0.4, -0.2) is 18.3 Å². The highest BCUT2D eigenvalue weighted by atomic mass is 32.1. The molecule has 0 aliphatic heterocycles. The number of hydrogen-bond donors (Lipinski definition) is 1. The van der Waals surface area contributed by atoms with Crippen molar-refractivity contribution in [3.8, 4) is 28.1 Å². The average molecular weight is 385 g/mol. The van der Waals surface area contributed by atoms with Gasteiger partial charge in [0.25, 0.3) is 0 Å². The molecule has 0 spiro atoms. The number of ether oxygens (including phenoxy) is 1. The lowest BCUT2D eigenvalue weighted by atomic mass is 10.0. The number of rotatable bonds is 6. The van der Waals surface area contributed by atoms with E-state index in [1.54, 1.807) is 7.11 Å². The fraction of sp³-hybridized carbons (Fsp3) is 0.0435. The highest BCUT2D eigenvalue weighted by Gasteiger charge is 2.05. The molecule has 3 aromatic carbocycles. The van der Waals surface area contributed by atoms with E-state index in [2.05, 4.69) is 21.6 Å². The van der Waals surface area contributed by atoms with E-state index in [0.717, 1.165) is 38.8 Å². The highest BCUT2D eigenvalue weighted by molar-refractivity contribution is 7.14. The van der Waals surface area contributed by atoms with Gasteiger partial charge in [-0.1, -0.05) is 66.7 Å². The van der Waals surface area contributed by atoms with E-state index >= 15 is 0 Å². The lowest BCUT2D eigenvalue weighted by Crippen LogP contribution is -1.93. The van der Waals surface area contributed by atoms with Crippen LogP contribution >= 0.6 is 11.3 Å². The summed E-state index contributed by atoms with van der Waals surface area (Å²) in [5, 5.41) is 7.17. The Morgan fingerprint density at radius 1 is 0.893 bits per heavy atom. The number of benzene rings is 3. The Morgan fingerprint density at radius 3 is 2.43 bits per heavy atom. The largest absolute Gasteiger partial charge is 0.497 e. The summed E-state index contributed by atoms with van der Waals surface area (Å²) in [6.45, 7) is 0. The van der Waals surface area contributed by atoms with Gasteiger partial charge in [0.1, 0.15) is 5.75 Å². The van der Waals surface area contributed by atoms with E-state index in [1.165, 1.54) is 11.3 Å². The number of anilines is 1. The van der Waals surface area contributed by atoms with Gasteiger partial charge in [0.05, 0.1) is 19.0 Å². The van der Waals surface area contributed by atoms with Gasteiger partial charge < -0.3 is 4.74 Å². The Bertz CT molecular complexity index is 1070. The van der Waals surface area contributed by atoms with Crippen molar-refractivity contribution in [2.75, 3.05) is 12.5 Å². The Morgan fingerprint density at radius 2 is 1.64 bits per heavy atom. The lowest BCUT2D eigenvalue weighted by molar-refractivity contribution is 0.415. The average Bonchev–Trinajstić information content (AvgIpc) is 3.24. The van der Waals surface area contributed by atoms with E-state index in [4.69, 9.17) is 4.74 Å². The topological polar surface area (TPSA) is 46.5 Å². The molecule has 138 valence electrons. The van der Waals surface area contributed by atoms with Crippen LogP contribution in [0.25, 0.3) is 22.4 Å². The van der Waals surface area contributed by atoms with Gasteiger partial charge in [0.15, 0.2) is 0 Å². The zero-order valence-corrected chi connectivity index (χ0v) is 16.2. The van der Waals surface area contributed by atoms with Crippen LogP contribution < -0.4 is 10.2 Å². The summed E-state index contributed by atoms with van der Waals surface area (Å²) >= 11 is 1.53. The maximum absolute atomic E-state index is 5.24. The number of thiazole rings is 1. The SMILES string of the molecule is COc1ccc(-c2ccccc2C=NNc2nc(-c3ccccc3)cs2)cc1. The van der Waals surface area contributed by atoms with Crippen LogP contribution in [0.1, 0.15) is 5.56 Å². The number of hydrogen-bond acceptors (Lipinski definition) is 5. The molecule has 0 fully saturated rings. The Hall–Kier alpha value is -3.44. The van der Waals surface area contributed by atoms with Crippen LogP contribution in [0.4, 0.5) is 5.13 Å². The van der Waals surface area contributed by atoms with Crippen molar-refractivity contribution < 1.29 is 4.74 Å². The van der Waals surface area contributed by atoms with Crippen LogP contribution in [0.5, 0.6) is 5.75 Å². The van der Waals surface area contributed by atoms with Crippen molar-refractivity contribution in [2.24, 2.45) is 5.10 Å². The van der Waals surface area contributed by atoms with E-state index in [1.807, 2.05) is 84.4 Å². The van der Waals surface area contributed by atoms with Crippen LogP contribution in [0, 0.1) is 0 Å². The van der Waals surface area contributed by atoms with Gasteiger partial charge >= 0.3 is 0 Å². The molecule has 5 heteroatoms. The normalized spacial score (nSPS) is 10.9. The molecule has 0 aliphatic rings. The minimum Gasteiger partial charge on any atom is -0.497 e. The first-order valence-electron chi connectivity index (χ1n) is 8.87. The van der Waals surface area contributed by atoms with Gasteiger partial charge in [-0.05, 0) is 23.3 Å². The van der Waals surface area contributed by atoms with Crippen molar-refractivity contribution in [1.29, 1.82) is 0 Å². The number of methoxy groups -OCH3 is 1. The van der Waals surface area contributed by atoms with Gasteiger partial charge in [-0.15, -0.1) is 11.3 Å². The summed E-state index contributed by atoms with van der Waals surface area (Å²) in [5.74, 6) is 0.842. The Labute approximate surface area is 168 Å². The number of nitrogens with one attached hydrogen (secondary N) is 1. The van der Waals surface area contributed by atoms with Crippen molar-refractivity contribution in [2.45, 2.75) is 0 Å². The van der Waals surface area contributed by atoms with E-state index in [0.29, 0.717) is 0 Å². The summed E-state index contributed by atoms with van der Waals surface area (Å²) in [6, 6.07) is 26.3. The quantitative estimate of drug-likeness (QED) is 0.330. The smallest absolute Gasteiger partial charge is 0.203 e. The summed E-state index contributed by atoms with van der Waals surface area (Å²) in [4.78, 5) is 4.59. The molecule has 0 amide bonds. The summed E-state index contributed by atoms with van der Waals surface area (Å²) in [5.41, 5.74) is 8.33. The Kier molecular flexibility index (Phi) is 5.45. The molecular formula is C23H19N3OS. The van der Waals surface area contributed by atoms with Crippen LogP contribution in [0.3, 0.4) is 0 Å². The molecule has 0 aliphatic carbocycles. The summed E-state index contributed by atoms with van der Waals surface area (Å²) in [7, 11) is 1.67. The molecule has 4 aromatic rings. The van der Waals surface area contributed by atoms with Crippen LogP contribution in [0.2, 0.25) is 0 Å². The van der Waals surface area contributed by atoms with Gasteiger partial charge in [0, 0.05) is 16.5 Å². The molecule has 1 aromatic heterocycles.